The third kappa shape index (κ3) is 2.11. The van der Waals surface area contributed by atoms with E-state index in [4.69, 9.17) is 11.6 Å². The van der Waals surface area contributed by atoms with E-state index < -0.39 is 0 Å². The van der Waals surface area contributed by atoms with Crippen molar-refractivity contribution in [3.8, 4) is 0 Å². The van der Waals surface area contributed by atoms with E-state index in [1.165, 1.54) is 0 Å². The molecule has 1 aromatic rings. The Labute approximate surface area is 77.8 Å². The van der Waals surface area contributed by atoms with Crippen LogP contribution in [0.1, 0.15) is 18.2 Å². The van der Waals surface area contributed by atoms with Crippen molar-refractivity contribution in [3.05, 3.63) is 23.0 Å². The van der Waals surface area contributed by atoms with Crippen LogP contribution in [0.3, 0.4) is 0 Å². The normalized spacial score (nSPS) is 12.2. The van der Waals surface area contributed by atoms with E-state index in [1.807, 2.05) is 31.8 Å². The molecule has 0 spiro atoms. The van der Waals surface area contributed by atoms with Crippen molar-refractivity contribution >= 4 is 17.7 Å². The van der Waals surface area contributed by atoms with Crippen LogP contribution in [0, 0.1) is 6.92 Å². The van der Waals surface area contributed by atoms with Crippen LogP contribution in [0.2, 0.25) is 0 Å². The zero-order valence-corrected chi connectivity index (χ0v) is 8.39. The van der Waals surface area contributed by atoms with Gasteiger partial charge in [0.2, 0.25) is 0 Å². The lowest BCUT2D eigenvalue weighted by molar-refractivity contribution is 0.756. The Kier molecular flexibility index (Phi) is 2.93. The predicted molar refractivity (Wildman–Crippen MR) is 52.3 cm³/mol. The lowest BCUT2D eigenvalue weighted by atomic mass is 10.2. The molecule has 1 heterocycles. The van der Waals surface area contributed by atoms with Crippen molar-refractivity contribution in [2.45, 2.75) is 13.8 Å². The molecule has 2 nitrogen and oxygen atoms in total. The molecule has 3 heteroatoms. The van der Waals surface area contributed by atoms with E-state index in [0.29, 0.717) is 5.88 Å². The van der Waals surface area contributed by atoms with E-state index in [0.717, 1.165) is 16.8 Å². The summed E-state index contributed by atoms with van der Waals surface area (Å²) < 4.78 is 1.81. The van der Waals surface area contributed by atoms with E-state index >= 15 is 0 Å². The maximum Gasteiger partial charge on any atom is 0.0665 e. The summed E-state index contributed by atoms with van der Waals surface area (Å²) >= 11 is 5.67. The lowest BCUT2D eigenvalue weighted by Crippen LogP contribution is -1.86. The van der Waals surface area contributed by atoms with Crippen molar-refractivity contribution in [1.82, 2.24) is 9.78 Å². The van der Waals surface area contributed by atoms with Crippen LogP contribution in [0.4, 0.5) is 0 Å². The molecule has 12 heavy (non-hydrogen) atoms. The van der Waals surface area contributed by atoms with E-state index in [2.05, 4.69) is 11.2 Å². The lowest BCUT2D eigenvalue weighted by Gasteiger charge is -1.91. The molecule has 0 aromatic carbocycles. The fourth-order valence-corrected chi connectivity index (χ4v) is 1.14. The summed E-state index contributed by atoms with van der Waals surface area (Å²) in [5.74, 6) is 0.578. The van der Waals surface area contributed by atoms with Gasteiger partial charge < -0.3 is 0 Å². The van der Waals surface area contributed by atoms with Gasteiger partial charge in [-0.1, -0.05) is 11.6 Å². The first kappa shape index (κ1) is 9.33. The molecule has 0 fully saturated rings. The summed E-state index contributed by atoms with van der Waals surface area (Å²) in [5.41, 5.74) is 3.35. The molecule has 0 radical (unpaired) electrons. The molecule has 0 atom stereocenters. The van der Waals surface area contributed by atoms with Gasteiger partial charge in [0.25, 0.3) is 0 Å². The zero-order chi connectivity index (χ0) is 9.14. The fourth-order valence-electron chi connectivity index (χ4n) is 1.06. The van der Waals surface area contributed by atoms with Gasteiger partial charge in [0.05, 0.1) is 5.69 Å². The van der Waals surface area contributed by atoms with Gasteiger partial charge in [-0.05, 0) is 13.8 Å². The number of halogens is 1. The smallest absolute Gasteiger partial charge is 0.0665 e. The maximum absolute atomic E-state index is 5.67. The number of rotatable bonds is 2. The molecule has 0 bridgehead atoms. The van der Waals surface area contributed by atoms with Crippen molar-refractivity contribution in [1.29, 1.82) is 0 Å². The highest BCUT2D eigenvalue weighted by atomic mass is 35.5. The van der Waals surface area contributed by atoms with Gasteiger partial charge in [0.15, 0.2) is 0 Å². The number of alkyl halides is 1. The van der Waals surface area contributed by atoms with Crippen LogP contribution < -0.4 is 0 Å². The molecule has 0 saturated heterocycles. The van der Waals surface area contributed by atoms with Crippen molar-refractivity contribution in [3.63, 3.8) is 0 Å². The number of allylic oxidation sites excluding steroid dienone is 1. The number of aromatic nitrogens is 2. The summed E-state index contributed by atoms with van der Waals surface area (Å²) in [7, 11) is 1.92. The second kappa shape index (κ2) is 3.76. The molecule has 0 saturated carbocycles. The second-order valence-electron chi connectivity index (χ2n) is 2.97. The topological polar surface area (TPSA) is 17.8 Å². The van der Waals surface area contributed by atoms with Gasteiger partial charge in [-0.3, -0.25) is 4.68 Å². The fraction of sp³-hybridized carbons (Fsp3) is 0.444. The molecule has 0 amide bonds. The van der Waals surface area contributed by atoms with Gasteiger partial charge in [0.1, 0.15) is 0 Å². The summed E-state index contributed by atoms with van der Waals surface area (Å²) in [5, 5.41) is 4.23. The van der Waals surface area contributed by atoms with E-state index in [-0.39, 0.29) is 0 Å². The molecule has 0 aliphatic carbocycles. The number of nitrogens with zero attached hydrogens (tertiary/aromatic N) is 2. The first-order valence-electron chi connectivity index (χ1n) is 3.87. The zero-order valence-electron chi connectivity index (χ0n) is 7.63. The Bertz CT molecular complexity index is 299. The van der Waals surface area contributed by atoms with Gasteiger partial charge in [-0.25, -0.2) is 0 Å². The summed E-state index contributed by atoms with van der Waals surface area (Å²) in [6.45, 7) is 4.01. The molecule has 1 aromatic heterocycles. The van der Waals surface area contributed by atoms with Crippen LogP contribution in [0.5, 0.6) is 0 Å². The average Bonchev–Trinajstić information content (AvgIpc) is 2.30. The van der Waals surface area contributed by atoms with Gasteiger partial charge >= 0.3 is 0 Å². The molecular formula is C9H13ClN2. The third-order valence-corrected chi connectivity index (χ3v) is 2.09. The van der Waals surface area contributed by atoms with Gasteiger partial charge in [0, 0.05) is 24.7 Å². The van der Waals surface area contributed by atoms with Crippen molar-refractivity contribution in [2.75, 3.05) is 5.88 Å². The SMILES string of the molecule is CC(=Cc1cn(C)nc1C)CCl. The van der Waals surface area contributed by atoms with Crippen LogP contribution in [0.25, 0.3) is 6.08 Å². The van der Waals surface area contributed by atoms with Gasteiger partial charge in [-0.2, -0.15) is 5.10 Å². The van der Waals surface area contributed by atoms with Crippen LogP contribution in [-0.2, 0) is 7.05 Å². The molecular weight excluding hydrogens is 172 g/mol. The van der Waals surface area contributed by atoms with Crippen LogP contribution in [0.15, 0.2) is 11.8 Å². The Morgan fingerprint density at radius 3 is 2.83 bits per heavy atom. The Hall–Kier alpha value is -0.760. The number of hydrogen-bond acceptors (Lipinski definition) is 1. The predicted octanol–water partition coefficient (Wildman–Crippen LogP) is 2.37. The highest BCUT2D eigenvalue weighted by molar-refractivity contribution is 6.19. The van der Waals surface area contributed by atoms with E-state index in [9.17, 15) is 0 Å². The Morgan fingerprint density at radius 1 is 1.75 bits per heavy atom. The molecule has 0 N–H and O–H groups in total. The summed E-state index contributed by atoms with van der Waals surface area (Å²) in [6, 6.07) is 0. The Morgan fingerprint density at radius 2 is 2.42 bits per heavy atom. The quantitative estimate of drug-likeness (QED) is 0.646. The summed E-state index contributed by atoms with van der Waals surface area (Å²) in [6.07, 6.45) is 4.06. The largest absolute Gasteiger partial charge is 0.275 e. The average molecular weight is 185 g/mol. The summed E-state index contributed by atoms with van der Waals surface area (Å²) in [4.78, 5) is 0. The third-order valence-electron chi connectivity index (χ3n) is 1.66. The monoisotopic (exact) mass is 184 g/mol. The molecule has 66 valence electrons. The van der Waals surface area contributed by atoms with Crippen molar-refractivity contribution in [2.24, 2.45) is 7.05 Å². The first-order chi connectivity index (χ1) is 5.63. The van der Waals surface area contributed by atoms with Crippen molar-refractivity contribution < 1.29 is 0 Å². The maximum atomic E-state index is 5.67. The molecule has 0 aliphatic rings. The molecule has 0 aliphatic heterocycles. The van der Waals surface area contributed by atoms with E-state index in [1.54, 1.807) is 0 Å². The minimum absolute atomic E-state index is 0.578. The van der Waals surface area contributed by atoms with Crippen LogP contribution >= 0.6 is 11.6 Å². The number of hydrogen-bond donors (Lipinski definition) is 0. The highest BCUT2D eigenvalue weighted by Gasteiger charge is 1.99. The Balaban J connectivity index is 2.95. The van der Waals surface area contributed by atoms with Crippen LogP contribution in [-0.4, -0.2) is 15.7 Å². The molecule has 0 unspecified atom stereocenters. The molecule has 1 rings (SSSR count). The number of aryl methyl sites for hydroxylation is 2. The minimum Gasteiger partial charge on any atom is -0.275 e. The standard InChI is InChI=1S/C9H13ClN2/c1-7(5-10)4-9-6-12(3)11-8(9)2/h4,6H,5H2,1-3H3. The van der Waals surface area contributed by atoms with Gasteiger partial charge in [-0.15, -0.1) is 11.6 Å². The minimum atomic E-state index is 0.578. The first-order valence-corrected chi connectivity index (χ1v) is 4.40. The second-order valence-corrected chi connectivity index (χ2v) is 3.24. The highest BCUT2D eigenvalue weighted by Crippen LogP contribution is 2.10.